The number of benzene rings is 2. The van der Waals surface area contributed by atoms with Crippen LogP contribution >= 0.6 is 0 Å². The zero-order valence-corrected chi connectivity index (χ0v) is 15.2. The van der Waals surface area contributed by atoms with E-state index in [4.69, 9.17) is 5.73 Å². The molecule has 136 valence electrons. The summed E-state index contributed by atoms with van der Waals surface area (Å²) in [5.74, 6) is 0.457. The lowest BCUT2D eigenvalue weighted by atomic mass is 10.0. The fourth-order valence-corrected chi connectivity index (χ4v) is 3.65. The van der Waals surface area contributed by atoms with Crippen LogP contribution in [-0.2, 0) is 4.79 Å². The summed E-state index contributed by atoms with van der Waals surface area (Å²) in [5, 5.41) is 0. The SMILES string of the molecule is CC1CC(CN)CN1C(=O)CCC(=O)c1ccc(-c2ccccc2)cc1. The van der Waals surface area contributed by atoms with Gasteiger partial charge in [-0.3, -0.25) is 9.59 Å². The van der Waals surface area contributed by atoms with Gasteiger partial charge in [-0.1, -0.05) is 54.6 Å². The second-order valence-corrected chi connectivity index (χ2v) is 7.10. The van der Waals surface area contributed by atoms with Crippen molar-refractivity contribution in [2.45, 2.75) is 32.2 Å². The topological polar surface area (TPSA) is 63.4 Å². The van der Waals surface area contributed by atoms with E-state index in [1.807, 2.05) is 59.5 Å². The highest BCUT2D eigenvalue weighted by Gasteiger charge is 2.31. The van der Waals surface area contributed by atoms with E-state index in [0.717, 1.165) is 24.1 Å². The van der Waals surface area contributed by atoms with Crippen LogP contribution < -0.4 is 5.73 Å². The maximum atomic E-state index is 12.4. The Balaban J connectivity index is 1.56. The van der Waals surface area contributed by atoms with E-state index >= 15 is 0 Å². The van der Waals surface area contributed by atoms with Crippen LogP contribution in [0.2, 0.25) is 0 Å². The number of likely N-dealkylation sites (tertiary alicyclic amines) is 1. The summed E-state index contributed by atoms with van der Waals surface area (Å²) in [6.07, 6.45) is 1.47. The quantitative estimate of drug-likeness (QED) is 0.811. The Hall–Kier alpha value is -2.46. The number of nitrogens with zero attached hydrogens (tertiary/aromatic N) is 1. The Bertz CT molecular complexity index is 755. The molecule has 1 aliphatic rings. The zero-order chi connectivity index (χ0) is 18.5. The van der Waals surface area contributed by atoms with Crippen LogP contribution in [0.1, 0.15) is 36.5 Å². The highest BCUT2D eigenvalue weighted by atomic mass is 16.2. The highest BCUT2D eigenvalue weighted by Crippen LogP contribution is 2.24. The number of ketones is 1. The van der Waals surface area contributed by atoms with Gasteiger partial charge in [0.25, 0.3) is 0 Å². The Kier molecular flexibility index (Phi) is 5.84. The lowest BCUT2D eigenvalue weighted by Gasteiger charge is -2.21. The predicted octanol–water partition coefficient (Wildman–Crippen LogP) is 3.51. The van der Waals surface area contributed by atoms with Gasteiger partial charge in [0.2, 0.25) is 5.91 Å². The maximum Gasteiger partial charge on any atom is 0.223 e. The Morgan fingerprint density at radius 1 is 1.00 bits per heavy atom. The van der Waals surface area contributed by atoms with Gasteiger partial charge in [0.1, 0.15) is 0 Å². The van der Waals surface area contributed by atoms with Gasteiger partial charge in [0.05, 0.1) is 0 Å². The number of rotatable bonds is 6. The Morgan fingerprint density at radius 3 is 2.27 bits per heavy atom. The van der Waals surface area contributed by atoms with Crippen molar-refractivity contribution >= 4 is 11.7 Å². The van der Waals surface area contributed by atoms with Crippen LogP contribution in [0, 0.1) is 5.92 Å². The van der Waals surface area contributed by atoms with Gasteiger partial charge in [-0.05, 0) is 36.9 Å². The zero-order valence-electron chi connectivity index (χ0n) is 15.2. The van der Waals surface area contributed by atoms with Gasteiger partial charge in [-0.15, -0.1) is 0 Å². The number of hydrogen-bond donors (Lipinski definition) is 1. The average molecular weight is 350 g/mol. The number of nitrogens with two attached hydrogens (primary N) is 1. The van der Waals surface area contributed by atoms with Crippen molar-refractivity contribution in [1.82, 2.24) is 4.90 Å². The number of amides is 1. The second kappa shape index (κ2) is 8.28. The minimum Gasteiger partial charge on any atom is -0.340 e. The first-order valence-electron chi connectivity index (χ1n) is 9.26. The summed E-state index contributed by atoms with van der Waals surface area (Å²) in [5.41, 5.74) is 8.58. The first-order valence-corrected chi connectivity index (χ1v) is 9.26. The normalized spacial score (nSPS) is 19.5. The van der Waals surface area contributed by atoms with Crippen molar-refractivity contribution in [1.29, 1.82) is 0 Å². The molecule has 1 aliphatic heterocycles. The van der Waals surface area contributed by atoms with Crippen molar-refractivity contribution in [3.05, 3.63) is 60.2 Å². The van der Waals surface area contributed by atoms with Crippen molar-refractivity contribution in [3.63, 3.8) is 0 Å². The molecule has 2 N–H and O–H groups in total. The van der Waals surface area contributed by atoms with Crippen molar-refractivity contribution < 1.29 is 9.59 Å². The molecule has 4 heteroatoms. The van der Waals surface area contributed by atoms with Crippen molar-refractivity contribution in [2.75, 3.05) is 13.1 Å². The molecule has 0 aliphatic carbocycles. The molecule has 2 aromatic rings. The Labute approximate surface area is 155 Å². The van der Waals surface area contributed by atoms with E-state index in [9.17, 15) is 9.59 Å². The number of hydrogen-bond acceptors (Lipinski definition) is 3. The molecule has 2 aromatic carbocycles. The largest absolute Gasteiger partial charge is 0.340 e. The summed E-state index contributed by atoms with van der Waals surface area (Å²) < 4.78 is 0. The van der Waals surface area contributed by atoms with Gasteiger partial charge < -0.3 is 10.6 Å². The molecule has 4 nitrogen and oxygen atoms in total. The molecule has 2 atom stereocenters. The summed E-state index contributed by atoms with van der Waals surface area (Å²) in [7, 11) is 0. The smallest absolute Gasteiger partial charge is 0.223 e. The first-order chi connectivity index (χ1) is 12.6. The van der Waals surface area contributed by atoms with E-state index in [1.54, 1.807) is 0 Å². The molecule has 1 heterocycles. The third-order valence-corrected chi connectivity index (χ3v) is 5.20. The van der Waals surface area contributed by atoms with Gasteiger partial charge in [0.15, 0.2) is 5.78 Å². The molecule has 0 saturated carbocycles. The monoisotopic (exact) mass is 350 g/mol. The standard InChI is InChI=1S/C22H26N2O2/c1-16-13-17(14-23)15-24(16)22(26)12-11-21(25)20-9-7-19(8-10-20)18-5-3-2-4-6-18/h2-10,16-17H,11-15,23H2,1H3. The van der Waals surface area contributed by atoms with Crippen LogP contribution in [0.3, 0.4) is 0 Å². The molecular weight excluding hydrogens is 324 g/mol. The third-order valence-electron chi connectivity index (χ3n) is 5.20. The van der Waals surface area contributed by atoms with Gasteiger partial charge in [-0.25, -0.2) is 0 Å². The van der Waals surface area contributed by atoms with E-state index in [1.165, 1.54) is 0 Å². The number of carbonyl (C=O) groups excluding carboxylic acids is 2. The van der Waals surface area contributed by atoms with Crippen LogP contribution in [0.4, 0.5) is 0 Å². The third kappa shape index (κ3) is 4.20. The molecule has 26 heavy (non-hydrogen) atoms. The molecule has 2 unspecified atom stereocenters. The highest BCUT2D eigenvalue weighted by molar-refractivity contribution is 5.98. The van der Waals surface area contributed by atoms with Crippen LogP contribution in [0.15, 0.2) is 54.6 Å². The molecule has 1 saturated heterocycles. The predicted molar refractivity (Wildman–Crippen MR) is 104 cm³/mol. The van der Waals surface area contributed by atoms with E-state index in [-0.39, 0.29) is 30.6 Å². The average Bonchev–Trinajstić information content (AvgIpc) is 3.07. The minimum absolute atomic E-state index is 0.0141. The molecule has 0 spiro atoms. The fourth-order valence-electron chi connectivity index (χ4n) is 3.65. The molecule has 1 fully saturated rings. The number of carbonyl (C=O) groups is 2. The summed E-state index contributed by atoms with van der Waals surface area (Å²) in [6, 6.07) is 17.9. The van der Waals surface area contributed by atoms with E-state index < -0.39 is 0 Å². The molecule has 0 bridgehead atoms. The summed E-state index contributed by atoms with van der Waals surface area (Å²) >= 11 is 0. The first kappa shape index (κ1) is 18.3. The minimum atomic E-state index is 0.0141. The molecular formula is C22H26N2O2. The molecule has 1 amide bonds. The van der Waals surface area contributed by atoms with Crippen molar-refractivity contribution in [2.24, 2.45) is 11.7 Å². The lowest BCUT2D eigenvalue weighted by Crippen LogP contribution is -2.34. The van der Waals surface area contributed by atoms with Crippen LogP contribution in [-0.4, -0.2) is 35.7 Å². The van der Waals surface area contributed by atoms with Gasteiger partial charge in [0, 0.05) is 31.0 Å². The second-order valence-electron chi connectivity index (χ2n) is 7.10. The van der Waals surface area contributed by atoms with E-state index in [2.05, 4.69) is 6.92 Å². The summed E-state index contributed by atoms with van der Waals surface area (Å²) in [6.45, 7) is 3.38. The van der Waals surface area contributed by atoms with Crippen LogP contribution in [0.5, 0.6) is 0 Å². The summed E-state index contributed by atoms with van der Waals surface area (Å²) in [4.78, 5) is 26.7. The maximum absolute atomic E-state index is 12.4. The lowest BCUT2D eigenvalue weighted by molar-refractivity contribution is -0.131. The van der Waals surface area contributed by atoms with Gasteiger partial charge >= 0.3 is 0 Å². The molecule has 0 aromatic heterocycles. The fraction of sp³-hybridized carbons (Fsp3) is 0.364. The van der Waals surface area contributed by atoms with Gasteiger partial charge in [-0.2, -0.15) is 0 Å². The Morgan fingerprint density at radius 2 is 1.65 bits per heavy atom. The molecule has 3 rings (SSSR count). The van der Waals surface area contributed by atoms with Crippen LogP contribution in [0.25, 0.3) is 11.1 Å². The van der Waals surface area contributed by atoms with Crippen molar-refractivity contribution in [3.8, 4) is 11.1 Å². The van der Waals surface area contributed by atoms with E-state index in [0.29, 0.717) is 18.0 Å². The molecule has 0 radical (unpaired) electrons. The number of Topliss-reactive ketones (excluding diaryl/α,β-unsaturated/α-hetero) is 1.